The lowest BCUT2D eigenvalue weighted by Crippen LogP contribution is -2.22. The van der Waals surface area contributed by atoms with E-state index in [4.69, 9.17) is 0 Å². The number of aromatic nitrogens is 1. The zero-order chi connectivity index (χ0) is 26.7. The zero-order valence-corrected chi connectivity index (χ0v) is 22.2. The van der Waals surface area contributed by atoms with Gasteiger partial charge in [-0.25, -0.2) is 8.42 Å². The smallest absolute Gasteiger partial charge is 0.251 e. The second-order valence-electron chi connectivity index (χ2n) is 9.09. The zero-order valence-electron chi connectivity index (χ0n) is 21.4. The Balaban J connectivity index is 1.65. The lowest BCUT2D eigenvalue weighted by Gasteiger charge is -2.16. The second kappa shape index (κ2) is 10.6. The summed E-state index contributed by atoms with van der Waals surface area (Å²) in [5.74, 6) is -0.135. The fourth-order valence-corrected chi connectivity index (χ4v) is 5.16. The first-order valence-electron chi connectivity index (χ1n) is 12.1. The molecule has 0 radical (unpaired) electrons. The van der Waals surface area contributed by atoms with E-state index in [1.807, 2.05) is 75.4 Å². The van der Waals surface area contributed by atoms with Gasteiger partial charge in [0.2, 0.25) is 0 Å². The van der Waals surface area contributed by atoms with Crippen LogP contribution in [-0.2, 0) is 16.3 Å². The molecular weight excluding hydrogens is 484 g/mol. The van der Waals surface area contributed by atoms with Crippen LogP contribution in [0, 0.1) is 13.8 Å². The SMILES string of the molecule is CCNC(=O)c1ccc(-c2ccccc2-n2c(C)cc(C(=O)Cc3ccc(S(C)(=O)=O)cc3)c2C)cc1. The minimum absolute atomic E-state index is 0.0322. The molecule has 1 aromatic heterocycles. The molecule has 4 rings (SSSR count). The second-order valence-corrected chi connectivity index (χ2v) is 11.1. The molecule has 0 bridgehead atoms. The monoisotopic (exact) mass is 514 g/mol. The predicted octanol–water partition coefficient (Wildman–Crippen LogP) is 5.34. The maximum Gasteiger partial charge on any atom is 0.251 e. The van der Waals surface area contributed by atoms with Gasteiger partial charge in [-0.05, 0) is 68.3 Å². The molecule has 0 fully saturated rings. The van der Waals surface area contributed by atoms with E-state index < -0.39 is 9.84 Å². The number of nitrogens with zero attached hydrogens (tertiary/aromatic N) is 1. The first kappa shape index (κ1) is 26.1. The Kier molecular flexibility index (Phi) is 7.45. The highest BCUT2D eigenvalue weighted by molar-refractivity contribution is 7.90. The molecule has 0 spiro atoms. The van der Waals surface area contributed by atoms with Gasteiger partial charge in [-0.15, -0.1) is 0 Å². The van der Waals surface area contributed by atoms with E-state index in [-0.39, 0.29) is 23.0 Å². The van der Waals surface area contributed by atoms with Crippen LogP contribution in [0.25, 0.3) is 16.8 Å². The van der Waals surface area contributed by atoms with E-state index in [9.17, 15) is 18.0 Å². The molecule has 0 saturated heterocycles. The molecule has 0 unspecified atom stereocenters. The van der Waals surface area contributed by atoms with E-state index in [2.05, 4.69) is 9.88 Å². The first-order chi connectivity index (χ1) is 17.6. The van der Waals surface area contributed by atoms with Crippen LogP contribution in [-0.4, -0.2) is 37.5 Å². The molecule has 0 saturated carbocycles. The number of sulfone groups is 1. The highest BCUT2D eigenvalue weighted by Gasteiger charge is 2.19. The summed E-state index contributed by atoms with van der Waals surface area (Å²) in [5.41, 5.74) is 6.66. The van der Waals surface area contributed by atoms with Crippen molar-refractivity contribution in [1.82, 2.24) is 9.88 Å². The highest BCUT2D eigenvalue weighted by atomic mass is 32.2. The number of carbonyl (C=O) groups excluding carboxylic acids is 2. The summed E-state index contributed by atoms with van der Waals surface area (Å²) in [6.07, 6.45) is 1.34. The average Bonchev–Trinajstić information content (AvgIpc) is 3.17. The van der Waals surface area contributed by atoms with Crippen molar-refractivity contribution in [3.63, 3.8) is 0 Å². The number of hydrogen-bond acceptors (Lipinski definition) is 4. The van der Waals surface area contributed by atoms with E-state index in [1.54, 1.807) is 12.1 Å². The molecule has 6 nitrogen and oxygen atoms in total. The first-order valence-corrected chi connectivity index (χ1v) is 14.0. The van der Waals surface area contributed by atoms with Gasteiger partial charge in [-0.3, -0.25) is 9.59 Å². The van der Waals surface area contributed by atoms with Gasteiger partial charge in [0.25, 0.3) is 5.91 Å². The Morgan fingerprint density at radius 3 is 2.16 bits per heavy atom. The molecule has 1 N–H and O–H groups in total. The number of amides is 1. The van der Waals surface area contributed by atoms with Gasteiger partial charge >= 0.3 is 0 Å². The van der Waals surface area contributed by atoms with Crippen LogP contribution >= 0.6 is 0 Å². The number of para-hydroxylation sites is 1. The molecule has 0 aliphatic carbocycles. The Bertz CT molecular complexity index is 1570. The van der Waals surface area contributed by atoms with Crippen LogP contribution in [0.15, 0.2) is 83.8 Å². The van der Waals surface area contributed by atoms with Crippen molar-refractivity contribution in [2.24, 2.45) is 0 Å². The molecule has 0 atom stereocenters. The van der Waals surface area contributed by atoms with Crippen molar-refractivity contribution in [3.8, 4) is 16.8 Å². The highest BCUT2D eigenvalue weighted by Crippen LogP contribution is 2.31. The minimum Gasteiger partial charge on any atom is -0.352 e. The van der Waals surface area contributed by atoms with Crippen LogP contribution in [0.3, 0.4) is 0 Å². The number of aryl methyl sites for hydroxylation is 1. The number of ketones is 1. The van der Waals surface area contributed by atoms with Crippen molar-refractivity contribution in [2.45, 2.75) is 32.1 Å². The van der Waals surface area contributed by atoms with E-state index >= 15 is 0 Å². The Morgan fingerprint density at radius 1 is 0.892 bits per heavy atom. The van der Waals surface area contributed by atoms with Gasteiger partial charge < -0.3 is 9.88 Å². The quantitative estimate of drug-likeness (QED) is 0.322. The topological polar surface area (TPSA) is 85.2 Å². The Labute approximate surface area is 217 Å². The summed E-state index contributed by atoms with van der Waals surface area (Å²) in [6.45, 7) is 6.36. The number of nitrogens with one attached hydrogen (secondary N) is 1. The van der Waals surface area contributed by atoms with E-state index in [0.29, 0.717) is 17.7 Å². The lowest BCUT2D eigenvalue weighted by molar-refractivity contribution is 0.0954. The van der Waals surface area contributed by atoms with Crippen molar-refractivity contribution in [2.75, 3.05) is 12.8 Å². The van der Waals surface area contributed by atoms with E-state index in [1.165, 1.54) is 12.1 Å². The number of Topliss-reactive ketones (excluding diaryl/α,β-unsaturated/α-hetero) is 1. The third-order valence-corrected chi connectivity index (χ3v) is 7.52. The fourth-order valence-electron chi connectivity index (χ4n) is 4.53. The third-order valence-electron chi connectivity index (χ3n) is 6.39. The third kappa shape index (κ3) is 5.57. The molecule has 4 aromatic rings. The summed E-state index contributed by atoms with van der Waals surface area (Å²) in [4.78, 5) is 25.6. The summed E-state index contributed by atoms with van der Waals surface area (Å²) in [6, 6.07) is 23.8. The number of carbonyl (C=O) groups is 2. The van der Waals surface area contributed by atoms with Crippen LogP contribution in [0.1, 0.15) is 44.6 Å². The lowest BCUT2D eigenvalue weighted by atomic mass is 10.0. The molecule has 7 heteroatoms. The molecule has 190 valence electrons. The Morgan fingerprint density at radius 2 is 1.54 bits per heavy atom. The number of hydrogen-bond donors (Lipinski definition) is 1. The molecule has 1 heterocycles. The van der Waals surface area contributed by atoms with Crippen LogP contribution in [0.2, 0.25) is 0 Å². The maximum absolute atomic E-state index is 13.3. The van der Waals surface area contributed by atoms with Crippen LogP contribution < -0.4 is 5.32 Å². The van der Waals surface area contributed by atoms with Gasteiger partial charge in [0.05, 0.1) is 10.6 Å². The standard InChI is InChI=1S/C30H30N2O4S/c1-5-31-30(34)24-14-12-23(13-15-24)26-8-6-7-9-28(26)32-20(2)18-27(21(32)3)29(33)19-22-10-16-25(17-11-22)37(4,35)36/h6-18H,5,19H2,1-4H3,(H,31,34). The number of benzene rings is 3. The molecule has 0 aliphatic heterocycles. The van der Waals surface area contributed by atoms with Crippen molar-refractivity contribution < 1.29 is 18.0 Å². The van der Waals surface area contributed by atoms with Gasteiger partial charge in [-0.1, -0.05) is 42.5 Å². The van der Waals surface area contributed by atoms with Gasteiger partial charge in [0.1, 0.15) is 0 Å². The molecular formula is C30H30N2O4S. The summed E-state index contributed by atoms with van der Waals surface area (Å²) in [7, 11) is -3.28. The molecule has 1 amide bonds. The van der Waals surface area contributed by atoms with Gasteiger partial charge in [0.15, 0.2) is 15.6 Å². The van der Waals surface area contributed by atoms with Crippen molar-refractivity contribution >= 4 is 21.5 Å². The Hall–Kier alpha value is -3.97. The maximum atomic E-state index is 13.3. The fraction of sp³-hybridized carbons (Fsp3) is 0.200. The average molecular weight is 515 g/mol. The normalized spacial score (nSPS) is 11.4. The van der Waals surface area contributed by atoms with Gasteiger partial charge in [0, 0.05) is 47.3 Å². The molecule has 3 aromatic carbocycles. The van der Waals surface area contributed by atoms with Crippen molar-refractivity contribution in [1.29, 1.82) is 0 Å². The van der Waals surface area contributed by atoms with E-state index in [0.717, 1.165) is 40.0 Å². The number of rotatable bonds is 8. The minimum atomic E-state index is -3.28. The largest absolute Gasteiger partial charge is 0.352 e. The summed E-state index contributed by atoms with van der Waals surface area (Å²) >= 11 is 0. The predicted molar refractivity (Wildman–Crippen MR) is 146 cm³/mol. The summed E-state index contributed by atoms with van der Waals surface area (Å²) in [5, 5.41) is 2.81. The summed E-state index contributed by atoms with van der Waals surface area (Å²) < 4.78 is 25.5. The van der Waals surface area contributed by atoms with Crippen molar-refractivity contribution in [3.05, 3.63) is 107 Å². The van der Waals surface area contributed by atoms with Crippen LogP contribution in [0.4, 0.5) is 0 Å². The molecule has 0 aliphatic rings. The van der Waals surface area contributed by atoms with Crippen LogP contribution in [0.5, 0.6) is 0 Å². The van der Waals surface area contributed by atoms with Gasteiger partial charge in [-0.2, -0.15) is 0 Å². The molecule has 37 heavy (non-hydrogen) atoms.